The summed E-state index contributed by atoms with van der Waals surface area (Å²) in [6, 6.07) is 7.21. The zero-order valence-corrected chi connectivity index (χ0v) is 13.3. The average Bonchev–Trinajstić information content (AvgIpc) is 3.02. The van der Waals surface area contributed by atoms with Crippen LogP contribution < -0.4 is 10.6 Å². The van der Waals surface area contributed by atoms with Crippen LogP contribution in [-0.4, -0.2) is 11.8 Å². The van der Waals surface area contributed by atoms with E-state index in [4.69, 9.17) is 0 Å². The van der Waals surface area contributed by atoms with Crippen molar-refractivity contribution in [3.05, 3.63) is 60.7 Å². The third kappa shape index (κ3) is 5.58. The van der Waals surface area contributed by atoms with E-state index in [2.05, 4.69) is 22.8 Å². The summed E-state index contributed by atoms with van der Waals surface area (Å²) >= 11 is 0. The van der Waals surface area contributed by atoms with Crippen LogP contribution in [0.15, 0.2) is 60.7 Å². The van der Waals surface area contributed by atoms with Crippen molar-refractivity contribution in [1.29, 1.82) is 0 Å². The van der Waals surface area contributed by atoms with Crippen molar-refractivity contribution in [3.8, 4) is 0 Å². The number of rotatable bonds is 6. The summed E-state index contributed by atoms with van der Waals surface area (Å²) < 4.78 is 0. The molecule has 2 N–H and O–H groups in total. The number of benzene rings is 1. The van der Waals surface area contributed by atoms with Crippen LogP contribution in [-0.2, 0) is 9.59 Å². The smallest absolute Gasteiger partial charge is 0.248 e. The van der Waals surface area contributed by atoms with Crippen LogP contribution in [0.5, 0.6) is 0 Å². The van der Waals surface area contributed by atoms with Crippen LogP contribution in [0.3, 0.4) is 0 Å². The maximum atomic E-state index is 12.1. The number of allylic oxidation sites excluding steroid dienone is 5. The van der Waals surface area contributed by atoms with Gasteiger partial charge in [0.15, 0.2) is 0 Å². The number of para-hydroxylation sites is 2. The lowest BCUT2D eigenvalue weighted by molar-refractivity contribution is -0.117. The molecule has 0 aliphatic heterocycles. The molecule has 0 radical (unpaired) electrons. The van der Waals surface area contributed by atoms with Crippen LogP contribution in [0.4, 0.5) is 11.4 Å². The van der Waals surface area contributed by atoms with Gasteiger partial charge in [-0.3, -0.25) is 9.59 Å². The molecule has 120 valence electrons. The fourth-order valence-electron chi connectivity index (χ4n) is 2.43. The fourth-order valence-corrected chi connectivity index (χ4v) is 2.43. The molecule has 1 atom stereocenters. The second-order valence-electron chi connectivity index (χ2n) is 5.44. The maximum Gasteiger partial charge on any atom is 0.248 e. The Hall–Kier alpha value is -2.62. The molecule has 0 heterocycles. The molecular weight excluding hydrogens is 288 g/mol. The van der Waals surface area contributed by atoms with E-state index in [1.807, 2.05) is 25.1 Å². The molecule has 1 aliphatic carbocycles. The summed E-state index contributed by atoms with van der Waals surface area (Å²) in [7, 11) is 0. The molecule has 0 bridgehead atoms. The molecule has 0 spiro atoms. The molecule has 1 aliphatic rings. The standard InChI is InChI=1S/C19H22N2O2/c1-2-3-4-13-18(22)20-16-11-7-8-12-17(16)21-19(23)14-15-9-5-6-10-15/h2-5,7-9,11-13,15H,6,10,14H2,1H3,(H,20,22)(H,21,23)/b3-2+,13-4?. The van der Waals surface area contributed by atoms with Crippen LogP contribution in [0.25, 0.3) is 0 Å². The molecule has 23 heavy (non-hydrogen) atoms. The van der Waals surface area contributed by atoms with E-state index in [9.17, 15) is 9.59 Å². The number of anilines is 2. The molecule has 0 saturated heterocycles. The largest absolute Gasteiger partial charge is 0.324 e. The Bertz CT molecular complexity index is 645. The van der Waals surface area contributed by atoms with E-state index >= 15 is 0 Å². The topological polar surface area (TPSA) is 58.2 Å². The van der Waals surface area contributed by atoms with E-state index in [0.29, 0.717) is 23.7 Å². The first kappa shape index (κ1) is 16.7. The highest BCUT2D eigenvalue weighted by Gasteiger charge is 2.15. The third-order valence-electron chi connectivity index (χ3n) is 3.57. The number of carbonyl (C=O) groups is 2. The molecule has 0 fully saturated rings. The number of amides is 2. The summed E-state index contributed by atoms with van der Waals surface area (Å²) in [5.74, 6) is 0.0525. The van der Waals surface area contributed by atoms with Crippen LogP contribution in [0, 0.1) is 5.92 Å². The Kier molecular flexibility index (Phi) is 6.36. The van der Waals surface area contributed by atoms with E-state index in [1.54, 1.807) is 24.3 Å². The number of carbonyl (C=O) groups excluding carboxylic acids is 2. The van der Waals surface area contributed by atoms with Crippen LogP contribution in [0.1, 0.15) is 26.2 Å². The predicted octanol–water partition coefficient (Wildman–Crippen LogP) is 4.05. The minimum Gasteiger partial charge on any atom is -0.324 e. The minimum absolute atomic E-state index is 0.0345. The summed E-state index contributed by atoms with van der Waals surface area (Å²) in [6.07, 6.45) is 13.5. The highest BCUT2D eigenvalue weighted by molar-refractivity contribution is 6.03. The van der Waals surface area contributed by atoms with Gasteiger partial charge in [0.1, 0.15) is 0 Å². The van der Waals surface area contributed by atoms with Crippen molar-refractivity contribution in [2.75, 3.05) is 10.6 Å². The van der Waals surface area contributed by atoms with Gasteiger partial charge in [0, 0.05) is 12.5 Å². The summed E-state index contributed by atoms with van der Waals surface area (Å²) in [5, 5.41) is 5.66. The first-order chi connectivity index (χ1) is 11.2. The number of hydrogen-bond acceptors (Lipinski definition) is 2. The van der Waals surface area contributed by atoms with Crippen molar-refractivity contribution in [2.24, 2.45) is 5.92 Å². The first-order valence-electron chi connectivity index (χ1n) is 7.85. The van der Waals surface area contributed by atoms with E-state index < -0.39 is 0 Å². The number of nitrogens with one attached hydrogen (secondary N) is 2. The average molecular weight is 310 g/mol. The second kappa shape index (κ2) is 8.73. The number of hydrogen-bond donors (Lipinski definition) is 2. The van der Waals surface area contributed by atoms with Crippen molar-refractivity contribution >= 4 is 23.2 Å². The van der Waals surface area contributed by atoms with Crippen LogP contribution in [0.2, 0.25) is 0 Å². The van der Waals surface area contributed by atoms with Gasteiger partial charge in [-0.2, -0.15) is 0 Å². The summed E-state index contributed by atoms with van der Waals surface area (Å²) in [6.45, 7) is 1.88. The molecule has 1 unspecified atom stereocenters. The van der Waals surface area contributed by atoms with E-state index in [0.717, 1.165) is 12.8 Å². The van der Waals surface area contributed by atoms with Gasteiger partial charge in [0.25, 0.3) is 0 Å². The normalized spacial score (nSPS) is 17.0. The van der Waals surface area contributed by atoms with Gasteiger partial charge in [0.05, 0.1) is 11.4 Å². The lowest BCUT2D eigenvalue weighted by Crippen LogP contribution is -2.17. The Labute approximate surface area is 137 Å². The van der Waals surface area contributed by atoms with Gasteiger partial charge in [-0.1, -0.05) is 42.5 Å². The Morgan fingerprint density at radius 2 is 1.91 bits per heavy atom. The second-order valence-corrected chi connectivity index (χ2v) is 5.44. The highest BCUT2D eigenvalue weighted by Crippen LogP contribution is 2.24. The monoisotopic (exact) mass is 310 g/mol. The van der Waals surface area contributed by atoms with E-state index in [-0.39, 0.29) is 11.8 Å². The molecule has 0 aromatic heterocycles. The van der Waals surface area contributed by atoms with Crippen molar-refractivity contribution in [1.82, 2.24) is 0 Å². The summed E-state index contributed by atoms with van der Waals surface area (Å²) in [5.41, 5.74) is 1.21. The maximum absolute atomic E-state index is 12.1. The van der Waals surface area contributed by atoms with E-state index in [1.165, 1.54) is 6.08 Å². The molecule has 2 rings (SSSR count). The van der Waals surface area contributed by atoms with Gasteiger partial charge in [-0.25, -0.2) is 0 Å². The quantitative estimate of drug-likeness (QED) is 0.473. The molecular formula is C19H22N2O2. The SMILES string of the molecule is C/C=C/C=CC(=O)Nc1ccccc1NC(=O)CC1C=CCC1. The van der Waals surface area contributed by atoms with Gasteiger partial charge >= 0.3 is 0 Å². The molecule has 0 saturated carbocycles. The van der Waals surface area contributed by atoms with Gasteiger partial charge in [0.2, 0.25) is 11.8 Å². The van der Waals surface area contributed by atoms with Crippen LogP contribution >= 0.6 is 0 Å². The lowest BCUT2D eigenvalue weighted by Gasteiger charge is -2.12. The lowest BCUT2D eigenvalue weighted by atomic mass is 10.0. The minimum atomic E-state index is -0.233. The molecule has 1 aromatic carbocycles. The van der Waals surface area contributed by atoms with Crippen molar-refractivity contribution < 1.29 is 9.59 Å². The van der Waals surface area contributed by atoms with Gasteiger partial charge in [-0.15, -0.1) is 0 Å². The molecule has 2 amide bonds. The van der Waals surface area contributed by atoms with Crippen molar-refractivity contribution in [2.45, 2.75) is 26.2 Å². The molecule has 1 aromatic rings. The highest BCUT2D eigenvalue weighted by atomic mass is 16.2. The molecule has 4 heteroatoms. The summed E-state index contributed by atoms with van der Waals surface area (Å²) in [4.78, 5) is 24.0. The fraction of sp³-hybridized carbons (Fsp3) is 0.263. The zero-order valence-electron chi connectivity index (χ0n) is 13.3. The Balaban J connectivity index is 1.97. The van der Waals surface area contributed by atoms with Gasteiger partial charge < -0.3 is 10.6 Å². The predicted molar refractivity (Wildman–Crippen MR) is 94.1 cm³/mol. The van der Waals surface area contributed by atoms with Gasteiger partial charge in [-0.05, 0) is 37.8 Å². The Morgan fingerprint density at radius 3 is 2.57 bits per heavy atom. The third-order valence-corrected chi connectivity index (χ3v) is 3.57. The first-order valence-corrected chi connectivity index (χ1v) is 7.85. The Morgan fingerprint density at radius 1 is 1.17 bits per heavy atom. The van der Waals surface area contributed by atoms with Crippen molar-refractivity contribution in [3.63, 3.8) is 0 Å². The zero-order chi connectivity index (χ0) is 16.5. The molecule has 4 nitrogen and oxygen atoms in total.